The normalized spacial score (nSPS) is 10.2. The van der Waals surface area contributed by atoms with Crippen LogP contribution in [0.25, 0.3) is 0 Å². The van der Waals surface area contributed by atoms with E-state index in [1.807, 2.05) is 18.0 Å². The van der Waals surface area contributed by atoms with Crippen LogP contribution < -0.4 is 4.74 Å². The molecule has 0 unspecified atom stereocenters. The molecule has 1 rings (SSSR count). The molecule has 0 atom stereocenters. The highest BCUT2D eigenvalue weighted by atomic mass is 16.5. The van der Waals surface area contributed by atoms with Gasteiger partial charge in [-0.15, -0.1) is 0 Å². The Kier molecular flexibility index (Phi) is 6.54. The molecule has 0 N–H and O–H groups in total. The van der Waals surface area contributed by atoms with Gasteiger partial charge >= 0.3 is 5.97 Å². The van der Waals surface area contributed by atoms with E-state index in [0.717, 1.165) is 5.56 Å². The fourth-order valence-corrected chi connectivity index (χ4v) is 1.85. The third kappa shape index (κ3) is 4.90. The van der Waals surface area contributed by atoms with Crippen molar-refractivity contribution in [1.82, 2.24) is 4.90 Å². The van der Waals surface area contributed by atoms with Gasteiger partial charge in [-0.2, -0.15) is 5.26 Å². The average molecular weight is 276 g/mol. The van der Waals surface area contributed by atoms with Crippen molar-refractivity contribution in [3.63, 3.8) is 0 Å². The highest BCUT2D eigenvalue weighted by Crippen LogP contribution is 2.19. The second kappa shape index (κ2) is 8.18. The fraction of sp³-hybridized carbons (Fsp3) is 0.467. The Bertz CT molecular complexity index is 494. The number of nitrogens with zero attached hydrogens (tertiary/aromatic N) is 2. The largest absolute Gasteiger partial charge is 0.495 e. The SMILES string of the molecule is CCOC(=O)CCN(C)Cc1ccc(OC)c(C#N)c1. The van der Waals surface area contributed by atoms with Crippen LogP contribution in [-0.4, -0.2) is 38.2 Å². The Morgan fingerprint density at radius 1 is 1.45 bits per heavy atom. The van der Waals surface area contributed by atoms with Crippen molar-refractivity contribution in [2.45, 2.75) is 19.9 Å². The third-order valence-electron chi connectivity index (χ3n) is 2.84. The van der Waals surface area contributed by atoms with E-state index in [0.29, 0.717) is 37.4 Å². The third-order valence-corrected chi connectivity index (χ3v) is 2.84. The van der Waals surface area contributed by atoms with Crippen molar-refractivity contribution in [1.29, 1.82) is 5.26 Å². The number of hydrogen-bond donors (Lipinski definition) is 0. The molecule has 0 aliphatic heterocycles. The number of rotatable bonds is 7. The zero-order valence-corrected chi connectivity index (χ0v) is 12.2. The molecule has 0 aliphatic rings. The first kappa shape index (κ1) is 16.0. The summed E-state index contributed by atoms with van der Waals surface area (Å²) in [6, 6.07) is 7.62. The van der Waals surface area contributed by atoms with Crippen LogP contribution in [0.3, 0.4) is 0 Å². The van der Waals surface area contributed by atoms with Gasteiger partial charge in [0.2, 0.25) is 0 Å². The molecule has 0 fully saturated rings. The molecule has 1 aromatic rings. The number of nitriles is 1. The molecule has 5 heteroatoms. The topological polar surface area (TPSA) is 62.6 Å². The minimum absolute atomic E-state index is 0.188. The first-order valence-corrected chi connectivity index (χ1v) is 6.51. The standard InChI is InChI=1S/C15H20N2O3/c1-4-20-15(18)7-8-17(2)11-12-5-6-14(19-3)13(9-12)10-16/h5-6,9H,4,7-8,11H2,1-3H3. The number of hydrogen-bond acceptors (Lipinski definition) is 5. The molecular formula is C15H20N2O3. The van der Waals surface area contributed by atoms with Gasteiger partial charge in [-0.25, -0.2) is 0 Å². The van der Waals surface area contributed by atoms with E-state index in [2.05, 4.69) is 6.07 Å². The van der Waals surface area contributed by atoms with Gasteiger partial charge < -0.3 is 14.4 Å². The predicted octanol–water partition coefficient (Wildman–Crippen LogP) is 1.95. The summed E-state index contributed by atoms with van der Waals surface area (Å²) in [5, 5.41) is 9.04. The minimum Gasteiger partial charge on any atom is -0.495 e. The highest BCUT2D eigenvalue weighted by molar-refractivity contribution is 5.69. The Morgan fingerprint density at radius 3 is 2.80 bits per heavy atom. The minimum atomic E-state index is -0.188. The van der Waals surface area contributed by atoms with Gasteiger partial charge in [0.1, 0.15) is 11.8 Å². The van der Waals surface area contributed by atoms with Crippen LogP contribution in [0.15, 0.2) is 18.2 Å². The van der Waals surface area contributed by atoms with Crippen molar-refractivity contribution in [2.75, 3.05) is 27.3 Å². The lowest BCUT2D eigenvalue weighted by molar-refractivity contribution is -0.143. The molecule has 20 heavy (non-hydrogen) atoms. The Morgan fingerprint density at radius 2 is 2.20 bits per heavy atom. The first-order valence-electron chi connectivity index (χ1n) is 6.51. The molecule has 0 radical (unpaired) electrons. The molecule has 5 nitrogen and oxygen atoms in total. The van der Waals surface area contributed by atoms with Gasteiger partial charge in [0.05, 0.1) is 25.7 Å². The number of ether oxygens (including phenoxy) is 2. The van der Waals surface area contributed by atoms with Gasteiger partial charge in [-0.05, 0) is 31.7 Å². The van der Waals surface area contributed by atoms with E-state index < -0.39 is 0 Å². The molecule has 0 aromatic heterocycles. The Hall–Kier alpha value is -2.06. The molecule has 0 bridgehead atoms. The fourth-order valence-electron chi connectivity index (χ4n) is 1.85. The van der Waals surface area contributed by atoms with Crippen molar-refractivity contribution in [3.05, 3.63) is 29.3 Å². The summed E-state index contributed by atoms with van der Waals surface area (Å²) in [7, 11) is 3.47. The molecule has 0 aliphatic carbocycles. The molecule has 0 spiro atoms. The van der Waals surface area contributed by atoms with Crippen LogP contribution in [0.2, 0.25) is 0 Å². The molecule has 0 heterocycles. The maximum absolute atomic E-state index is 11.3. The zero-order chi connectivity index (χ0) is 15.0. The van der Waals surface area contributed by atoms with Gasteiger partial charge in [-0.1, -0.05) is 6.07 Å². The number of methoxy groups -OCH3 is 1. The second-order valence-electron chi connectivity index (χ2n) is 4.44. The quantitative estimate of drug-likeness (QED) is 0.712. The molecule has 1 aromatic carbocycles. The number of benzene rings is 1. The molecule has 108 valence electrons. The maximum Gasteiger partial charge on any atom is 0.307 e. The smallest absolute Gasteiger partial charge is 0.307 e. The summed E-state index contributed by atoms with van der Waals surface area (Å²) >= 11 is 0. The zero-order valence-electron chi connectivity index (χ0n) is 12.2. The van der Waals surface area contributed by atoms with Crippen LogP contribution >= 0.6 is 0 Å². The first-order chi connectivity index (χ1) is 9.60. The van der Waals surface area contributed by atoms with Gasteiger partial charge in [0.15, 0.2) is 0 Å². The van der Waals surface area contributed by atoms with E-state index in [1.165, 1.54) is 0 Å². The lowest BCUT2D eigenvalue weighted by Crippen LogP contribution is -2.22. The molecule has 0 saturated heterocycles. The van der Waals surface area contributed by atoms with E-state index >= 15 is 0 Å². The van der Waals surface area contributed by atoms with E-state index in [4.69, 9.17) is 14.7 Å². The Balaban J connectivity index is 2.56. The summed E-state index contributed by atoms with van der Waals surface area (Å²) in [6.07, 6.45) is 0.367. The van der Waals surface area contributed by atoms with Crippen molar-refractivity contribution < 1.29 is 14.3 Å². The predicted molar refractivity (Wildman–Crippen MR) is 75.3 cm³/mol. The maximum atomic E-state index is 11.3. The summed E-state index contributed by atoms with van der Waals surface area (Å²) < 4.78 is 9.99. The van der Waals surface area contributed by atoms with Crippen molar-refractivity contribution in [3.8, 4) is 11.8 Å². The number of carbonyl (C=O) groups excluding carboxylic acids is 1. The van der Waals surface area contributed by atoms with Gasteiger partial charge in [0, 0.05) is 13.1 Å². The van der Waals surface area contributed by atoms with E-state index in [-0.39, 0.29) is 5.97 Å². The second-order valence-corrected chi connectivity index (χ2v) is 4.44. The van der Waals surface area contributed by atoms with Crippen LogP contribution in [0.1, 0.15) is 24.5 Å². The summed E-state index contributed by atoms with van der Waals surface area (Å²) in [6.45, 7) is 3.49. The summed E-state index contributed by atoms with van der Waals surface area (Å²) in [5.74, 6) is 0.386. The van der Waals surface area contributed by atoms with Gasteiger partial charge in [-0.3, -0.25) is 4.79 Å². The highest BCUT2D eigenvalue weighted by Gasteiger charge is 2.08. The number of carbonyl (C=O) groups is 1. The molecular weight excluding hydrogens is 256 g/mol. The summed E-state index contributed by atoms with van der Waals surface area (Å²) in [4.78, 5) is 13.3. The van der Waals surface area contributed by atoms with Crippen LogP contribution in [0.4, 0.5) is 0 Å². The van der Waals surface area contributed by atoms with E-state index in [1.54, 1.807) is 26.2 Å². The number of esters is 1. The molecule has 0 saturated carbocycles. The molecule has 0 amide bonds. The van der Waals surface area contributed by atoms with Crippen LogP contribution in [-0.2, 0) is 16.1 Å². The van der Waals surface area contributed by atoms with Gasteiger partial charge in [0.25, 0.3) is 0 Å². The lowest BCUT2D eigenvalue weighted by atomic mass is 10.1. The van der Waals surface area contributed by atoms with Crippen molar-refractivity contribution >= 4 is 5.97 Å². The van der Waals surface area contributed by atoms with Crippen LogP contribution in [0, 0.1) is 11.3 Å². The lowest BCUT2D eigenvalue weighted by Gasteiger charge is -2.16. The monoisotopic (exact) mass is 276 g/mol. The average Bonchev–Trinajstić information content (AvgIpc) is 2.45. The Labute approximate surface area is 119 Å². The van der Waals surface area contributed by atoms with Crippen molar-refractivity contribution in [2.24, 2.45) is 0 Å². The van der Waals surface area contributed by atoms with Crippen LogP contribution in [0.5, 0.6) is 5.75 Å². The summed E-state index contributed by atoms with van der Waals surface area (Å²) in [5.41, 5.74) is 1.53. The van der Waals surface area contributed by atoms with E-state index in [9.17, 15) is 4.79 Å².